The fourth-order valence-electron chi connectivity index (χ4n) is 1.48. The van der Waals surface area contributed by atoms with Gasteiger partial charge in [0.25, 0.3) is 5.82 Å². The highest BCUT2D eigenvalue weighted by atomic mass is 16.6. The first-order valence-electron chi connectivity index (χ1n) is 5.65. The number of nitro groups is 1. The van der Waals surface area contributed by atoms with E-state index < -0.39 is 4.92 Å². The summed E-state index contributed by atoms with van der Waals surface area (Å²) in [6.07, 6.45) is -0.0767. The minimum Gasteiger partial charge on any atom is -0.459 e. The Bertz CT molecular complexity index is 385. The molecule has 0 saturated carbocycles. The summed E-state index contributed by atoms with van der Waals surface area (Å²) in [6, 6.07) is 0. The maximum absolute atomic E-state index is 10.7. The van der Waals surface area contributed by atoms with E-state index in [1.807, 2.05) is 32.6 Å². The highest BCUT2D eigenvalue weighted by molar-refractivity contribution is 5.51. The van der Waals surface area contributed by atoms with Crippen LogP contribution in [-0.4, -0.2) is 34.1 Å². The van der Waals surface area contributed by atoms with Gasteiger partial charge in [-0.2, -0.15) is 0 Å². The molecule has 0 aliphatic carbocycles. The molecule has 0 atom stereocenters. The molecule has 0 saturated heterocycles. The largest absolute Gasteiger partial charge is 0.459 e. The Hall–Kier alpha value is -1.79. The van der Waals surface area contributed by atoms with Crippen molar-refractivity contribution < 1.29 is 9.66 Å². The minimum atomic E-state index is -0.555. The average molecular weight is 242 g/mol. The van der Waals surface area contributed by atoms with Gasteiger partial charge in [0.15, 0.2) is 0 Å². The van der Waals surface area contributed by atoms with Crippen LogP contribution < -0.4 is 9.64 Å². The number of aromatic amines is 1. The van der Waals surface area contributed by atoms with Gasteiger partial charge in [-0.3, -0.25) is 0 Å². The maximum Gasteiger partial charge on any atom is 0.437 e. The summed E-state index contributed by atoms with van der Waals surface area (Å²) in [4.78, 5) is 18.6. The van der Waals surface area contributed by atoms with Crippen LogP contribution in [0.3, 0.4) is 0 Å². The number of ether oxygens (including phenoxy) is 1. The van der Waals surface area contributed by atoms with Gasteiger partial charge in [0.1, 0.15) is 0 Å². The Morgan fingerprint density at radius 1 is 1.47 bits per heavy atom. The second kappa shape index (κ2) is 5.51. The summed E-state index contributed by atoms with van der Waals surface area (Å²) in [5, 5.41) is 10.7. The van der Waals surface area contributed by atoms with E-state index in [1.54, 1.807) is 0 Å². The molecule has 1 aromatic rings. The van der Waals surface area contributed by atoms with Gasteiger partial charge in [-0.1, -0.05) is 0 Å². The lowest BCUT2D eigenvalue weighted by Crippen LogP contribution is -2.23. The molecule has 0 aromatic carbocycles. The van der Waals surface area contributed by atoms with Gasteiger partial charge in [-0.15, -0.1) is 0 Å². The van der Waals surface area contributed by atoms with Crippen LogP contribution in [0.5, 0.6) is 5.88 Å². The molecule has 0 aliphatic rings. The fraction of sp³-hybridized carbons (Fsp3) is 0.700. The minimum absolute atomic E-state index is 0.0767. The van der Waals surface area contributed by atoms with Crippen LogP contribution in [0.15, 0.2) is 0 Å². The third kappa shape index (κ3) is 3.08. The molecule has 0 unspecified atom stereocenters. The number of aromatic nitrogens is 2. The third-order valence-electron chi connectivity index (χ3n) is 2.24. The number of hydrogen-bond donors (Lipinski definition) is 1. The Kier molecular flexibility index (Phi) is 4.30. The van der Waals surface area contributed by atoms with Crippen LogP contribution in [0.25, 0.3) is 0 Å². The Labute approximate surface area is 99.9 Å². The Morgan fingerprint density at radius 3 is 2.47 bits per heavy atom. The van der Waals surface area contributed by atoms with Crippen LogP contribution in [0, 0.1) is 10.1 Å². The molecule has 0 radical (unpaired) electrons. The summed E-state index contributed by atoms with van der Waals surface area (Å²) in [6.45, 7) is 9.10. The zero-order chi connectivity index (χ0) is 13.0. The summed E-state index contributed by atoms with van der Waals surface area (Å²) < 4.78 is 5.47. The summed E-state index contributed by atoms with van der Waals surface area (Å²) in [5.41, 5.74) is 0. The quantitative estimate of drug-likeness (QED) is 0.608. The van der Waals surface area contributed by atoms with Crippen molar-refractivity contribution >= 4 is 11.8 Å². The van der Waals surface area contributed by atoms with E-state index in [2.05, 4.69) is 9.97 Å². The third-order valence-corrected chi connectivity index (χ3v) is 2.24. The number of rotatable bonds is 6. The van der Waals surface area contributed by atoms with E-state index in [-0.39, 0.29) is 17.9 Å². The molecule has 17 heavy (non-hydrogen) atoms. The van der Waals surface area contributed by atoms with Crippen LogP contribution in [-0.2, 0) is 0 Å². The first-order valence-corrected chi connectivity index (χ1v) is 5.65. The highest BCUT2D eigenvalue weighted by Gasteiger charge is 2.25. The maximum atomic E-state index is 10.7. The number of nitrogens with zero attached hydrogens (tertiary/aromatic N) is 3. The van der Waals surface area contributed by atoms with E-state index in [0.717, 1.165) is 13.1 Å². The van der Waals surface area contributed by atoms with Crippen molar-refractivity contribution in [3.05, 3.63) is 10.1 Å². The summed E-state index contributed by atoms with van der Waals surface area (Å²) in [5.74, 6) is 0.563. The summed E-state index contributed by atoms with van der Waals surface area (Å²) in [7, 11) is 0. The number of hydrogen-bond acceptors (Lipinski definition) is 5. The first-order chi connectivity index (χ1) is 7.99. The smallest absolute Gasteiger partial charge is 0.437 e. The first kappa shape index (κ1) is 13.3. The average Bonchev–Trinajstić information content (AvgIpc) is 2.63. The molecule has 1 rings (SSSR count). The normalized spacial score (nSPS) is 10.6. The van der Waals surface area contributed by atoms with E-state index in [9.17, 15) is 10.1 Å². The molecule has 0 amide bonds. The molecule has 1 N–H and O–H groups in total. The Morgan fingerprint density at radius 2 is 2.06 bits per heavy atom. The monoisotopic (exact) mass is 242 g/mol. The van der Waals surface area contributed by atoms with E-state index >= 15 is 0 Å². The Balaban J connectivity index is 3.10. The van der Waals surface area contributed by atoms with Gasteiger partial charge >= 0.3 is 11.8 Å². The van der Waals surface area contributed by atoms with Crippen molar-refractivity contribution in [1.29, 1.82) is 0 Å². The zero-order valence-corrected chi connectivity index (χ0v) is 10.6. The molecule has 1 heterocycles. The van der Waals surface area contributed by atoms with Gasteiger partial charge in [-0.05, 0) is 37.6 Å². The molecule has 1 aromatic heterocycles. The van der Waals surface area contributed by atoms with Gasteiger partial charge in [0.05, 0.1) is 6.10 Å². The number of anilines is 1. The molecule has 0 bridgehead atoms. The van der Waals surface area contributed by atoms with Gasteiger partial charge < -0.3 is 19.8 Å². The van der Waals surface area contributed by atoms with E-state index in [0.29, 0.717) is 5.82 Å². The molecule has 7 heteroatoms. The van der Waals surface area contributed by atoms with Crippen LogP contribution in [0.4, 0.5) is 11.8 Å². The molecule has 96 valence electrons. The predicted octanol–water partition coefficient (Wildman–Crippen LogP) is 1.95. The van der Waals surface area contributed by atoms with Gasteiger partial charge in [0.2, 0.25) is 0 Å². The molecule has 0 aliphatic heterocycles. The van der Waals surface area contributed by atoms with Crippen molar-refractivity contribution in [2.24, 2.45) is 0 Å². The molecule has 0 fully saturated rings. The number of H-pyrrole nitrogens is 1. The molecular weight excluding hydrogens is 224 g/mol. The van der Waals surface area contributed by atoms with Crippen LogP contribution in [0.1, 0.15) is 27.7 Å². The zero-order valence-electron chi connectivity index (χ0n) is 10.6. The van der Waals surface area contributed by atoms with E-state index in [4.69, 9.17) is 4.74 Å². The van der Waals surface area contributed by atoms with E-state index in [1.165, 1.54) is 0 Å². The fourth-order valence-corrected chi connectivity index (χ4v) is 1.48. The van der Waals surface area contributed by atoms with Gasteiger partial charge in [-0.25, -0.2) is 4.98 Å². The predicted molar refractivity (Wildman–Crippen MR) is 64.6 cm³/mol. The molecular formula is C10H18N4O3. The van der Waals surface area contributed by atoms with Crippen molar-refractivity contribution in [2.45, 2.75) is 33.8 Å². The number of imidazole rings is 1. The second-order valence-electron chi connectivity index (χ2n) is 3.81. The van der Waals surface area contributed by atoms with Gasteiger partial charge in [0, 0.05) is 13.1 Å². The van der Waals surface area contributed by atoms with Crippen molar-refractivity contribution in [1.82, 2.24) is 9.97 Å². The molecule has 0 spiro atoms. The van der Waals surface area contributed by atoms with Crippen molar-refractivity contribution in [3.8, 4) is 5.88 Å². The standard InChI is InChI=1S/C10H18N4O3/c1-5-13(6-2)8-9(17-7(3)4)12-10(11-8)14(15)16/h7H,5-6H2,1-4H3,(H,11,12). The van der Waals surface area contributed by atoms with Crippen molar-refractivity contribution in [3.63, 3.8) is 0 Å². The van der Waals surface area contributed by atoms with Crippen molar-refractivity contribution in [2.75, 3.05) is 18.0 Å². The highest BCUT2D eigenvalue weighted by Crippen LogP contribution is 2.28. The lowest BCUT2D eigenvalue weighted by atomic mass is 10.4. The summed E-state index contributed by atoms with van der Waals surface area (Å²) >= 11 is 0. The topological polar surface area (TPSA) is 84.3 Å². The lowest BCUT2D eigenvalue weighted by molar-refractivity contribution is -0.393. The van der Waals surface area contributed by atoms with Crippen LogP contribution >= 0.6 is 0 Å². The SMILES string of the molecule is CCN(CC)c1[nH]c([N+](=O)[O-])nc1OC(C)C. The lowest BCUT2D eigenvalue weighted by Gasteiger charge is -2.17. The molecule has 7 nitrogen and oxygen atoms in total. The van der Waals surface area contributed by atoms with Crippen LogP contribution in [0.2, 0.25) is 0 Å². The second-order valence-corrected chi connectivity index (χ2v) is 3.81. The number of nitrogens with one attached hydrogen (secondary N) is 1.